The number of aromatic nitrogens is 2. The van der Waals surface area contributed by atoms with E-state index in [1.54, 1.807) is 0 Å². The molecule has 0 aliphatic carbocycles. The first-order chi connectivity index (χ1) is 11.7. The van der Waals surface area contributed by atoms with Crippen LogP contribution in [0.4, 0.5) is 5.82 Å². The van der Waals surface area contributed by atoms with Gasteiger partial charge in [-0.1, -0.05) is 54.6 Å². The predicted octanol–water partition coefficient (Wildman–Crippen LogP) is 4.84. The average Bonchev–Trinajstić information content (AvgIpc) is 2.60. The van der Waals surface area contributed by atoms with E-state index >= 15 is 0 Å². The maximum atomic E-state index is 6.10. The van der Waals surface area contributed by atoms with Crippen molar-refractivity contribution in [2.45, 2.75) is 6.92 Å². The van der Waals surface area contributed by atoms with Gasteiger partial charge in [-0.3, -0.25) is 4.98 Å². The fourth-order valence-corrected chi connectivity index (χ4v) is 2.88. The van der Waals surface area contributed by atoms with E-state index in [0.29, 0.717) is 5.82 Å². The standard InChI is InChI=1S/C21H17N3/c1-14-7-10-17-18-12-16(9-8-15-5-3-2-4-6-15)13-23-20(18)21(22)24-19(17)11-14/h2-13H,1H3,(H2,22,24)/b9-8+. The molecule has 0 saturated heterocycles. The van der Waals surface area contributed by atoms with Gasteiger partial charge in [0.1, 0.15) is 5.52 Å². The maximum Gasteiger partial charge on any atom is 0.150 e. The summed E-state index contributed by atoms with van der Waals surface area (Å²) >= 11 is 0. The van der Waals surface area contributed by atoms with Gasteiger partial charge in [0.15, 0.2) is 5.82 Å². The molecule has 3 heteroatoms. The van der Waals surface area contributed by atoms with Gasteiger partial charge in [0.2, 0.25) is 0 Å². The first-order valence-corrected chi connectivity index (χ1v) is 7.89. The Bertz CT molecular complexity index is 1070. The highest BCUT2D eigenvalue weighted by molar-refractivity contribution is 6.08. The van der Waals surface area contributed by atoms with Crippen LogP contribution in [0.25, 0.3) is 34.0 Å². The maximum absolute atomic E-state index is 6.10. The van der Waals surface area contributed by atoms with Crippen molar-refractivity contribution in [3.05, 3.63) is 77.5 Å². The second-order valence-corrected chi connectivity index (χ2v) is 5.93. The summed E-state index contributed by atoms with van der Waals surface area (Å²) in [6.07, 6.45) is 5.98. The largest absolute Gasteiger partial charge is 0.382 e. The number of anilines is 1. The number of pyridine rings is 2. The van der Waals surface area contributed by atoms with E-state index in [2.05, 4.69) is 65.4 Å². The highest BCUT2D eigenvalue weighted by atomic mass is 14.9. The second kappa shape index (κ2) is 5.78. The van der Waals surface area contributed by atoms with Gasteiger partial charge in [-0.2, -0.15) is 0 Å². The predicted molar refractivity (Wildman–Crippen MR) is 102 cm³/mol. The van der Waals surface area contributed by atoms with Crippen molar-refractivity contribution in [2.75, 3.05) is 5.73 Å². The average molecular weight is 311 g/mol. The Hall–Kier alpha value is -3.20. The number of hydrogen-bond donors (Lipinski definition) is 1. The molecule has 2 aromatic carbocycles. The Kier molecular flexibility index (Phi) is 3.47. The van der Waals surface area contributed by atoms with Crippen LogP contribution in [0.2, 0.25) is 0 Å². The van der Waals surface area contributed by atoms with Gasteiger partial charge in [0.05, 0.1) is 5.52 Å². The van der Waals surface area contributed by atoms with Crippen molar-refractivity contribution in [2.24, 2.45) is 0 Å². The molecule has 0 fully saturated rings. The topological polar surface area (TPSA) is 51.8 Å². The minimum atomic E-state index is 0.474. The summed E-state index contributed by atoms with van der Waals surface area (Å²) in [5.74, 6) is 0.474. The van der Waals surface area contributed by atoms with E-state index in [0.717, 1.165) is 32.9 Å². The number of nitrogens with two attached hydrogens (primary N) is 1. The molecule has 0 amide bonds. The molecule has 0 aliphatic rings. The van der Waals surface area contributed by atoms with Crippen molar-refractivity contribution >= 4 is 39.8 Å². The second-order valence-electron chi connectivity index (χ2n) is 5.93. The molecule has 0 unspecified atom stereocenters. The molecule has 2 heterocycles. The van der Waals surface area contributed by atoms with Gasteiger partial charge in [0, 0.05) is 17.0 Å². The Morgan fingerprint density at radius 1 is 0.875 bits per heavy atom. The third kappa shape index (κ3) is 2.61. The third-order valence-electron chi connectivity index (χ3n) is 4.10. The molecule has 2 aromatic heterocycles. The molecule has 3 nitrogen and oxygen atoms in total. The van der Waals surface area contributed by atoms with Crippen molar-refractivity contribution in [3.8, 4) is 0 Å². The van der Waals surface area contributed by atoms with Gasteiger partial charge < -0.3 is 5.73 Å². The van der Waals surface area contributed by atoms with Crippen LogP contribution in [0, 0.1) is 6.92 Å². The number of nitrogens with zero attached hydrogens (tertiary/aromatic N) is 2. The number of hydrogen-bond acceptors (Lipinski definition) is 3. The lowest BCUT2D eigenvalue weighted by atomic mass is 10.1. The molecule has 24 heavy (non-hydrogen) atoms. The Labute approximate surface area is 140 Å². The monoisotopic (exact) mass is 311 g/mol. The fraction of sp³-hybridized carbons (Fsp3) is 0.0476. The zero-order chi connectivity index (χ0) is 16.5. The SMILES string of the molecule is Cc1ccc2c(c1)nc(N)c1ncc(/C=C/c3ccccc3)cc12. The fourth-order valence-electron chi connectivity index (χ4n) is 2.88. The lowest BCUT2D eigenvalue weighted by Crippen LogP contribution is -1.96. The number of fused-ring (bicyclic) bond motifs is 3. The van der Waals surface area contributed by atoms with Gasteiger partial charge in [-0.15, -0.1) is 0 Å². The zero-order valence-corrected chi connectivity index (χ0v) is 13.4. The normalized spacial score (nSPS) is 11.5. The minimum absolute atomic E-state index is 0.474. The number of nitrogen functional groups attached to an aromatic ring is 1. The van der Waals surface area contributed by atoms with Gasteiger partial charge in [0.25, 0.3) is 0 Å². The molecule has 2 N–H and O–H groups in total. The van der Waals surface area contributed by atoms with Crippen LogP contribution in [0.15, 0.2) is 60.8 Å². The molecular formula is C21H17N3. The van der Waals surface area contributed by atoms with Gasteiger partial charge in [-0.05, 0) is 35.7 Å². The molecule has 0 aliphatic heterocycles. The molecular weight excluding hydrogens is 294 g/mol. The van der Waals surface area contributed by atoms with E-state index in [1.165, 1.54) is 5.56 Å². The summed E-state index contributed by atoms with van der Waals surface area (Å²) in [5.41, 5.74) is 11.1. The van der Waals surface area contributed by atoms with Crippen LogP contribution >= 0.6 is 0 Å². The number of rotatable bonds is 2. The summed E-state index contributed by atoms with van der Waals surface area (Å²) in [7, 11) is 0. The molecule has 116 valence electrons. The van der Waals surface area contributed by atoms with Crippen molar-refractivity contribution in [1.82, 2.24) is 9.97 Å². The van der Waals surface area contributed by atoms with Crippen LogP contribution in [0.5, 0.6) is 0 Å². The van der Waals surface area contributed by atoms with E-state index < -0.39 is 0 Å². The lowest BCUT2D eigenvalue weighted by Gasteiger charge is -2.07. The number of aryl methyl sites for hydroxylation is 1. The van der Waals surface area contributed by atoms with Crippen LogP contribution in [0.1, 0.15) is 16.7 Å². The molecule has 4 rings (SSSR count). The smallest absolute Gasteiger partial charge is 0.150 e. The Balaban J connectivity index is 1.87. The summed E-state index contributed by atoms with van der Waals surface area (Å²) < 4.78 is 0. The van der Waals surface area contributed by atoms with Crippen LogP contribution in [0.3, 0.4) is 0 Å². The van der Waals surface area contributed by atoms with E-state index in [9.17, 15) is 0 Å². The van der Waals surface area contributed by atoms with Crippen molar-refractivity contribution in [1.29, 1.82) is 0 Å². The molecule has 0 radical (unpaired) electrons. The summed E-state index contributed by atoms with van der Waals surface area (Å²) in [6, 6.07) is 18.6. The minimum Gasteiger partial charge on any atom is -0.382 e. The van der Waals surface area contributed by atoms with E-state index in [-0.39, 0.29) is 0 Å². The number of benzene rings is 2. The molecule has 0 spiro atoms. The Morgan fingerprint density at radius 3 is 2.50 bits per heavy atom. The van der Waals surface area contributed by atoms with Crippen molar-refractivity contribution < 1.29 is 0 Å². The van der Waals surface area contributed by atoms with Gasteiger partial charge >= 0.3 is 0 Å². The highest BCUT2D eigenvalue weighted by Gasteiger charge is 2.08. The van der Waals surface area contributed by atoms with Crippen LogP contribution in [-0.2, 0) is 0 Å². The van der Waals surface area contributed by atoms with Crippen molar-refractivity contribution in [3.63, 3.8) is 0 Å². The highest BCUT2D eigenvalue weighted by Crippen LogP contribution is 2.28. The molecule has 4 aromatic rings. The summed E-state index contributed by atoms with van der Waals surface area (Å²) in [6.45, 7) is 2.05. The van der Waals surface area contributed by atoms with E-state index in [4.69, 9.17) is 5.73 Å². The molecule has 0 bridgehead atoms. The van der Waals surface area contributed by atoms with Crippen LogP contribution < -0.4 is 5.73 Å². The molecule has 0 saturated carbocycles. The van der Waals surface area contributed by atoms with Gasteiger partial charge in [-0.25, -0.2) is 4.98 Å². The first kappa shape index (κ1) is 14.4. The summed E-state index contributed by atoms with van der Waals surface area (Å²) in [4.78, 5) is 9.01. The Morgan fingerprint density at radius 2 is 1.67 bits per heavy atom. The zero-order valence-electron chi connectivity index (χ0n) is 13.4. The first-order valence-electron chi connectivity index (χ1n) is 7.89. The quantitative estimate of drug-likeness (QED) is 0.539. The van der Waals surface area contributed by atoms with Crippen LogP contribution in [-0.4, -0.2) is 9.97 Å². The summed E-state index contributed by atoms with van der Waals surface area (Å²) in [5, 5.41) is 2.11. The molecule has 0 atom stereocenters. The van der Waals surface area contributed by atoms with E-state index in [1.807, 2.05) is 24.4 Å². The third-order valence-corrected chi connectivity index (χ3v) is 4.10. The lowest BCUT2D eigenvalue weighted by molar-refractivity contribution is 1.35.